The zero-order valence-electron chi connectivity index (χ0n) is 11.8. The maximum Gasteiger partial charge on any atom is 0.303 e. The summed E-state index contributed by atoms with van der Waals surface area (Å²) in [6.07, 6.45) is 0.839. The van der Waals surface area contributed by atoms with Crippen LogP contribution in [0.2, 0.25) is 0 Å². The Morgan fingerprint density at radius 1 is 1.26 bits per heavy atom. The number of nitrogens with zero attached hydrogens (tertiary/aromatic N) is 2. The van der Waals surface area contributed by atoms with Gasteiger partial charge in [0.1, 0.15) is 6.04 Å². The van der Waals surface area contributed by atoms with Crippen LogP contribution in [0.3, 0.4) is 0 Å². The number of amides is 2. The van der Waals surface area contributed by atoms with E-state index in [0.717, 1.165) is 0 Å². The van der Waals surface area contributed by atoms with Crippen LogP contribution in [0.1, 0.15) is 39.5 Å². The van der Waals surface area contributed by atoms with Crippen LogP contribution in [0.25, 0.3) is 0 Å². The molecule has 108 valence electrons. The van der Waals surface area contributed by atoms with E-state index in [0.29, 0.717) is 6.42 Å². The highest BCUT2D eigenvalue weighted by atomic mass is 16.4. The lowest BCUT2D eigenvalue weighted by Gasteiger charge is -2.27. The standard InChI is InChI=1S/C13H22N2O4/c1-9(2)8-10(13(19)14-3)15(4)11(16)6-5-7-12(17)18/h9-10H,3,5-8H2,1-2,4H3,(H,17,18)/t10-/m0/s1. The molecule has 0 saturated carbocycles. The highest BCUT2D eigenvalue weighted by molar-refractivity contribution is 5.90. The number of likely N-dealkylation sites (N-methyl/N-ethyl adjacent to an activating group) is 1. The van der Waals surface area contributed by atoms with Gasteiger partial charge in [0.05, 0.1) is 0 Å². The molecule has 6 nitrogen and oxygen atoms in total. The van der Waals surface area contributed by atoms with Crippen LogP contribution in [0.15, 0.2) is 4.99 Å². The van der Waals surface area contributed by atoms with E-state index in [-0.39, 0.29) is 31.1 Å². The number of rotatable bonds is 8. The maximum atomic E-state index is 11.9. The van der Waals surface area contributed by atoms with Gasteiger partial charge < -0.3 is 10.0 Å². The molecule has 2 amide bonds. The minimum Gasteiger partial charge on any atom is -0.481 e. The Bertz CT molecular complexity index is 353. The van der Waals surface area contributed by atoms with Crippen molar-refractivity contribution in [2.24, 2.45) is 10.9 Å². The summed E-state index contributed by atoms with van der Waals surface area (Å²) in [5.41, 5.74) is 0. The van der Waals surface area contributed by atoms with Crippen molar-refractivity contribution < 1.29 is 19.5 Å². The Labute approximate surface area is 113 Å². The van der Waals surface area contributed by atoms with Crippen LogP contribution in [0.5, 0.6) is 0 Å². The Kier molecular flexibility index (Phi) is 7.63. The van der Waals surface area contributed by atoms with Gasteiger partial charge in [-0.05, 0) is 25.5 Å². The maximum absolute atomic E-state index is 11.9. The summed E-state index contributed by atoms with van der Waals surface area (Å²) in [7, 11) is 1.54. The molecule has 0 aromatic carbocycles. The van der Waals surface area contributed by atoms with Gasteiger partial charge in [-0.2, -0.15) is 0 Å². The minimum absolute atomic E-state index is 0.0535. The summed E-state index contributed by atoms with van der Waals surface area (Å²) in [6, 6.07) is -0.616. The summed E-state index contributed by atoms with van der Waals surface area (Å²) in [5.74, 6) is -1.37. The second kappa shape index (κ2) is 8.39. The van der Waals surface area contributed by atoms with E-state index >= 15 is 0 Å². The first kappa shape index (κ1) is 17.3. The molecule has 0 aromatic heterocycles. The number of carboxylic acids is 1. The lowest BCUT2D eigenvalue weighted by atomic mass is 10.0. The van der Waals surface area contributed by atoms with Crippen molar-refractivity contribution in [3.05, 3.63) is 0 Å². The fourth-order valence-corrected chi connectivity index (χ4v) is 1.72. The number of aliphatic imine (C=N–C) groups is 1. The number of carboxylic acid groups (broad SMARTS) is 1. The third kappa shape index (κ3) is 6.69. The van der Waals surface area contributed by atoms with E-state index in [1.54, 1.807) is 7.05 Å². The molecule has 6 heteroatoms. The van der Waals surface area contributed by atoms with Crippen LogP contribution in [0.4, 0.5) is 0 Å². The minimum atomic E-state index is -0.932. The molecule has 0 fully saturated rings. The van der Waals surface area contributed by atoms with Gasteiger partial charge in [0, 0.05) is 19.9 Å². The van der Waals surface area contributed by atoms with E-state index in [4.69, 9.17) is 5.11 Å². The van der Waals surface area contributed by atoms with E-state index in [9.17, 15) is 14.4 Å². The normalized spacial score (nSPS) is 12.0. The molecule has 0 radical (unpaired) electrons. The van der Waals surface area contributed by atoms with Gasteiger partial charge in [0.2, 0.25) is 5.91 Å². The van der Waals surface area contributed by atoms with Crippen molar-refractivity contribution in [3.8, 4) is 0 Å². The first-order valence-corrected chi connectivity index (χ1v) is 6.27. The number of carbonyl (C=O) groups excluding carboxylic acids is 2. The van der Waals surface area contributed by atoms with Crippen LogP contribution in [0, 0.1) is 5.92 Å². The van der Waals surface area contributed by atoms with Gasteiger partial charge in [-0.25, -0.2) is 4.99 Å². The van der Waals surface area contributed by atoms with Gasteiger partial charge in [0.15, 0.2) is 0 Å². The quantitative estimate of drug-likeness (QED) is 0.674. The first-order valence-electron chi connectivity index (χ1n) is 6.27. The molecule has 0 aromatic rings. The smallest absolute Gasteiger partial charge is 0.303 e. The Morgan fingerprint density at radius 2 is 1.84 bits per heavy atom. The van der Waals surface area contributed by atoms with Crippen molar-refractivity contribution in [2.75, 3.05) is 7.05 Å². The Balaban J connectivity index is 4.55. The van der Waals surface area contributed by atoms with Gasteiger partial charge in [0.25, 0.3) is 5.91 Å². The highest BCUT2D eigenvalue weighted by Gasteiger charge is 2.26. The van der Waals surface area contributed by atoms with E-state index < -0.39 is 17.9 Å². The third-order valence-corrected chi connectivity index (χ3v) is 2.78. The second-order valence-corrected chi connectivity index (χ2v) is 4.89. The first-order chi connectivity index (χ1) is 8.79. The molecule has 1 N–H and O–H groups in total. The average molecular weight is 270 g/mol. The molecule has 0 heterocycles. The topological polar surface area (TPSA) is 87.0 Å². The fourth-order valence-electron chi connectivity index (χ4n) is 1.72. The molecule has 0 spiro atoms. The molecular formula is C13H22N2O4. The van der Waals surface area contributed by atoms with Gasteiger partial charge in [-0.1, -0.05) is 13.8 Å². The molecule has 19 heavy (non-hydrogen) atoms. The zero-order chi connectivity index (χ0) is 15.0. The lowest BCUT2D eigenvalue weighted by molar-refractivity contribution is -0.139. The molecule has 0 aliphatic rings. The van der Waals surface area contributed by atoms with E-state index in [1.165, 1.54) is 4.90 Å². The number of hydrogen-bond acceptors (Lipinski definition) is 3. The van der Waals surface area contributed by atoms with Crippen LogP contribution in [-0.4, -0.2) is 47.6 Å². The molecule has 1 atom stereocenters. The molecule has 0 saturated heterocycles. The third-order valence-electron chi connectivity index (χ3n) is 2.78. The predicted molar refractivity (Wildman–Crippen MR) is 72.1 cm³/mol. The largest absolute Gasteiger partial charge is 0.481 e. The summed E-state index contributed by atoms with van der Waals surface area (Å²) >= 11 is 0. The average Bonchev–Trinajstić information content (AvgIpc) is 2.33. The van der Waals surface area contributed by atoms with Crippen molar-refractivity contribution in [2.45, 2.75) is 45.6 Å². The predicted octanol–water partition coefficient (Wildman–Crippen LogP) is 1.34. The molecule has 0 aliphatic carbocycles. The summed E-state index contributed by atoms with van der Waals surface area (Å²) in [6.45, 7) is 7.10. The van der Waals surface area contributed by atoms with Crippen molar-refractivity contribution >= 4 is 24.5 Å². The Hall–Kier alpha value is -1.72. The van der Waals surface area contributed by atoms with Crippen molar-refractivity contribution in [1.29, 1.82) is 0 Å². The number of hydrogen-bond donors (Lipinski definition) is 1. The van der Waals surface area contributed by atoms with Crippen LogP contribution >= 0.6 is 0 Å². The fraction of sp³-hybridized carbons (Fsp3) is 0.692. The monoisotopic (exact) mass is 270 g/mol. The van der Waals surface area contributed by atoms with Crippen LogP contribution < -0.4 is 0 Å². The van der Waals surface area contributed by atoms with E-state index in [1.807, 2.05) is 13.8 Å². The molecule has 0 rings (SSSR count). The summed E-state index contributed by atoms with van der Waals surface area (Å²) in [5, 5.41) is 8.52. The summed E-state index contributed by atoms with van der Waals surface area (Å²) in [4.78, 5) is 38.7. The number of carbonyl (C=O) groups is 3. The van der Waals surface area contributed by atoms with Gasteiger partial charge in [-0.15, -0.1) is 0 Å². The zero-order valence-corrected chi connectivity index (χ0v) is 11.8. The number of aliphatic carboxylic acids is 1. The Morgan fingerprint density at radius 3 is 2.26 bits per heavy atom. The molecule has 0 bridgehead atoms. The SMILES string of the molecule is C=NC(=O)[C@H](CC(C)C)N(C)C(=O)CCCC(=O)O. The van der Waals surface area contributed by atoms with Gasteiger partial charge in [-0.3, -0.25) is 14.4 Å². The highest BCUT2D eigenvalue weighted by Crippen LogP contribution is 2.14. The second-order valence-electron chi connectivity index (χ2n) is 4.89. The summed E-state index contributed by atoms with van der Waals surface area (Å²) < 4.78 is 0. The van der Waals surface area contributed by atoms with E-state index in [2.05, 4.69) is 11.7 Å². The molecule has 0 unspecified atom stereocenters. The molecule has 0 aliphatic heterocycles. The van der Waals surface area contributed by atoms with Gasteiger partial charge >= 0.3 is 5.97 Å². The van der Waals surface area contributed by atoms with Crippen LogP contribution in [-0.2, 0) is 14.4 Å². The van der Waals surface area contributed by atoms with Crippen molar-refractivity contribution in [1.82, 2.24) is 4.90 Å². The lowest BCUT2D eigenvalue weighted by Crippen LogP contribution is -2.42. The van der Waals surface area contributed by atoms with Crippen molar-refractivity contribution in [3.63, 3.8) is 0 Å². The molecular weight excluding hydrogens is 248 g/mol.